The van der Waals surface area contributed by atoms with Gasteiger partial charge in [0, 0.05) is 17.8 Å². The molecule has 2 rings (SSSR count). The van der Waals surface area contributed by atoms with Crippen molar-refractivity contribution in [2.24, 2.45) is 11.8 Å². The number of rotatable bonds is 4. The minimum atomic E-state index is -0.767. The van der Waals surface area contributed by atoms with Gasteiger partial charge in [0.2, 0.25) is 0 Å². The zero-order chi connectivity index (χ0) is 15.4. The van der Waals surface area contributed by atoms with Crippen LogP contribution in [0.1, 0.15) is 41.7 Å². The summed E-state index contributed by atoms with van der Waals surface area (Å²) in [7, 11) is 0. The number of aliphatic carboxylic acids is 1. The number of carbonyl (C=O) groups excluding carboxylic acids is 1. The number of carboxylic acid groups (broad SMARTS) is 1. The van der Waals surface area contributed by atoms with Gasteiger partial charge < -0.3 is 10.4 Å². The first kappa shape index (κ1) is 15.8. The Hall–Kier alpha value is -1.62. The molecule has 1 aliphatic carbocycles. The van der Waals surface area contributed by atoms with Crippen LogP contribution in [0.3, 0.4) is 0 Å². The number of amides is 1. The number of hydrogen-bond donors (Lipinski definition) is 2. The SMILES string of the molecule is Cc1cc(C(=O)NCC2CCCCC2C(=O)O)cc(Cl)n1. The first-order valence-electron chi connectivity index (χ1n) is 7.12. The molecule has 21 heavy (non-hydrogen) atoms. The van der Waals surface area contributed by atoms with E-state index >= 15 is 0 Å². The molecular formula is C15H19ClN2O3. The maximum atomic E-state index is 12.1. The average molecular weight is 311 g/mol. The highest BCUT2D eigenvalue weighted by molar-refractivity contribution is 6.29. The average Bonchev–Trinajstić information content (AvgIpc) is 2.43. The van der Waals surface area contributed by atoms with Crippen molar-refractivity contribution in [3.8, 4) is 0 Å². The standard InChI is InChI=1S/C15H19ClN2O3/c1-9-6-11(7-13(16)18-9)14(19)17-8-10-4-2-3-5-12(10)15(20)21/h6-7,10,12H,2-5,8H2,1H3,(H,17,19)(H,20,21). The van der Waals surface area contributed by atoms with Crippen LogP contribution in [0.4, 0.5) is 0 Å². The second-order valence-electron chi connectivity index (χ2n) is 5.52. The summed E-state index contributed by atoms with van der Waals surface area (Å²) in [4.78, 5) is 27.4. The molecule has 1 heterocycles. The summed E-state index contributed by atoms with van der Waals surface area (Å²) in [6.07, 6.45) is 3.49. The lowest BCUT2D eigenvalue weighted by Crippen LogP contribution is -2.37. The van der Waals surface area contributed by atoms with E-state index in [-0.39, 0.29) is 22.9 Å². The van der Waals surface area contributed by atoms with Crippen molar-refractivity contribution in [2.45, 2.75) is 32.6 Å². The first-order valence-corrected chi connectivity index (χ1v) is 7.50. The molecule has 1 saturated carbocycles. The summed E-state index contributed by atoms with van der Waals surface area (Å²) < 4.78 is 0. The monoisotopic (exact) mass is 310 g/mol. The Kier molecular flexibility index (Phi) is 5.17. The molecule has 0 aliphatic heterocycles. The van der Waals surface area contributed by atoms with Crippen molar-refractivity contribution in [1.29, 1.82) is 0 Å². The van der Waals surface area contributed by atoms with Crippen LogP contribution in [0, 0.1) is 18.8 Å². The molecule has 0 bridgehead atoms. The van der Waals surface area contributed by atoms with Crippen LogP contribution >= 0.6 is 11.6 Å². The van der Waals surface area contributed by atoms with Crippen molar-refractivity contribution >= 4 is 23.5 Å². The number of pyridine rings is 1. The number of nitrogens with zero attached hydrogens (tertiary/aromatic N) is 1. The summed E-state index contributed by atoms with van der Waals surface area (Å²) >= 11 is 5.84. The van der Waals surface area contributed by atoms with Crippen LogP contribution < -0.4 is 5.32 Å². The van der Waals surface area contributed by atoms with Crippen molar-refractivity contribution in [3.05, 3.63) is 28.5 Å². The van der Waals surface area contributed by atoms with Gasteiger partial charge in [0.1, 0.15) is 5.15 Å². The van der Waals surface area contributed by atoms with Crippen LogP contribution in [0.5, 0.6) is 0 Å². The topological polar surface area (TPSA) is 79.3 Å². The molecule has 2 unspecified atom stereocenters. The van der Waals surface area contributed by atoms with E-state index in [1.165, 1.54) is 6.07 Å². The van der Waals surface area contributed by atoms with Gasteiger partial charge in [-0.05, 0) is 37.8 Å². The fourth-order valence-electron chi connectivity index (χ4n) is 2.86. The predicted octanol–water partition coefficient (Wildman–Crippen LogP) is 2.66. The van der Waals surface area contributed by atoms with Gasteiger partial charge in [-0.3, -0.25) is 9.59 Å². The maximum Gasteiger partial charge on any atom is 0.306 e. The van der Waals surface area contributed by atoms with Crippen LogP contribution in [0.25, 0.3) is 0 Å². The summed E-state index contributed by atoms with van der Waals surface area (Å²) in [6.45, 7) is 2.15. The van der Waals surface area contributed by atoms with E-state index < -0.39 is 5.97 Å². The normalized spacial score (nSPS) is 21.8. The minimum absolute atomic E-state index is 0.00129. The molecule has 5 nitrogen and oxygen atoms in total. The van der Waals surface area contributed by atoms with Crippen LogP contribution in [0.2, 0.25) is 5.15 Å². The van der Waals surface area contributed by atoms with Gasteiger partial charge in [0.25, 0.3) is 5.91 Å². The van der Waals surface area contributed by atoms with Crippen LogP contribution in [-0.2, 0) is 4.79 Å². The Bertz CT molecular complexity index is 527. The smallest absolute Gasteiger partial charge is 0.306 e. The van der Waals surface area contributed by atoms with E-state index in [1.807, 2.05) is 0 Å². The number of aryl methyl sites for hydroxylation is 1. The van der Waals surface area contributed by atoms with Gasteiger partial charge >= 0.3 is 5.97 Å². The van der Waals surface area contributed by atoms with Gasteiger partial charge in [-0.25, -0.2) is 4.98 Å². The van der Waals surface area contributed by atoms with Gasteiger partial charge in [-0.1, -0.05) is 24.4 Å². The lowest BCUT2D eigenvalue weighted by atomic mass is 9.79. The molecule has 0 radical (unpaired) electrons. The Morgan fingerprint density at radius 2 is 2.10 bits per heavy atom. The second-order valence-corrected chi connectivity index (χ2v) is 5.91. The third kappa shape index (κ3) is 4.17. The molecule has 1 fully saturated rings. The summed E-state index contributed by atoms with van der Waals surface area (Å²) in [5.74, 6) is -1.37. The Morgan fingerprint density at radius 3 is 2.76 bits per heavy atom. The predicted molar refractivity (Wildman–Crippen MR) is 79.4 cm³/mol. The van der Waals surface area contributed by atoms with Crippen molar-refractivity contribution in [2.75, 3.05) is 6.54 Å². The number of hydrogen-bond acceptors (Lipinski definition) is 3. The summed E-state index contributed by atoms with van der Waals surface area (Å²) in [5, 5.41) is 12.3. The lowest BCUT2D eigenvalue weighted by molar-refractivity contribution is -0.144. The number of nitrogens with one attached hydrogen (secondary N) is 1. The number of carboxylic acids is 1. The van der Waals surface area contributed by atoms with E-state index in [0.29, 0.717) is 24.2 Å². The fraction of sp³-hybridized carbons (Fsp3) is 0.533. The zero-order valence-electron chi connectivity index (χ0n) is 11.9. The third-order valence-electron chi connectivity index (χ3n) is 3.94. The highest BCUT2D eigenvalue weighted by Crippen LogP contribution is 2.29. The van der Waals surface area contributed by atoms with Gasteiger partial charge in [-0.15, -0.1) is 0 Å². The summed E-state index contributed by atoms with van der Waals surface area (Å²) in [5.41, 5.74) is 1.13. The van der Waals surface area contributed by atoms with Crippen molar-refractivity contribution in [3.63, 3.8) is 0 Å². The molecular weight excluding hydrogens is 292 g/mol. The van der Waals surface area contributed by atoms with E-state index in [9.17, 15) is 14.7 Å². The number of halogens is 1. The van der Waals surface area contributed by atoms with E-state index in [2.05, 4.69) is 10.3 Å². The number of aromatic nitrogens is 1. The molecule has 0 aromatic carbocycles. The largest absolute Gasteiger partial charge is 0.481 e. The third-order valence-corrected chi connectivity index (χ3v) is 4.13. The molecule has 1 amide bonds. The van der Waals surface area contributed by atoms with Crippen molar-refractivity contribution in [1.82, 2.24) is 10.3 Å². The fourth-order valence-corrected chi connectivity index (χ4v) is 3.11. The first-order chi connectivity index (χ1) is 9.97. The molecule has 6 heteroatoms. The molecule has 0 saturated heterocycles. The second kappa shape index (κ2) is 6.89. The van der Waals surface area contributed by atoms with Crippen LogP contribution in [-0.4, -0.2) is 28.5 Å². The number of carbonyl (C=O) groups is 2. The molecule has 0 spiro atoms. The molecule has 1 aliphatic rings. The highest BCUT2D eigenvalue weighted by atomic mass is 35.5. The Balaban J connectivity index is 1.98. The Labute approximate surface area is 128 Å². The van der Waals surface area contributed by atoms with E-state index in [0.717, 1.165) is 19.3 Å². The van der Waals surface area contributed by atoms with Gasteiger partial charge in [0.15, 0.2) is 0 Å². The quantitative estimate of drug-likeness (QED) is 0.838. The van der Waals surface area contributed by atoms with Crippen LogP contribution in [0.15, 0.2) is 12.1 Å². The van der Waals surface area contributed by atoms with Crippen molar-refractivity contribution < 1.29 is 14.7 Å². The molecule has 2 N–H and O–H groups in total. The van der Waals surface area contributed by atoms with E-state index in [1.54, 1.807) is 13.0 Å². The molecule has 2 atom stereocenters. The molecule has 1 aromatic heterocycles. The van der Waals surface area contributed by atoms with E-state index in [4.69, 9.17) is 11.6 Å². The zero-order valence-corrected chi connectivity index (χ0v) is 12.7. The minimum Gasteiger partial charge on any atom is -0.481 e. The van der Waals surface area contributed by atoms with Gasteiger partial charge in [-0.2, -0.15) is 0 Å². The summed E-state index contributed by atoms with van der Waals surface area (Å²) in [6, 6.07) is 3.18. The maximum absolute atomic E-state index is 12.1. The molecule has 1 aromatic rings. The highest BCUT2D eigenvalue weighted by Gasteiger charge is 2.30. The molecule has 114 valence electrons. The van der Waals surface area contributed by atoms with Gasteiger partial charge in [0.05, 0.1) is 5.92 Å². The lowest BCUT2D eigenvalue weighted by Gasteiger charge is -2.28. The Morgan fingerprint density at radius 1 is 1.38 bits per heavy atom.